The van der Waals surface area contributed by atoms with Gasteiger partial charge in [0.25, 0.3) is 0 Å². The second-order valence-electron chi connectivity index (χ2n) is 7.86. The van der Waals surface area contributed by atoms with Crippen molar-refractivity contribution in [2.24, 2.45) is 0 Å². The molecule has 4 unspecified atom stereocenters. The Hall–Kier alpha value is -1.02. The summed E-state index contributed by atoms with van der Waals surface area (Å²) in [5, 5.41) is 8.61. The van der Waals surface area contributed by atoms with Crippen LogP contribution in [0.1, 0.15) is 45.3 Å². The van der Waals surface area contributed by atoms with Crippen molar-refractivity contribution in [3.8, 4) is 0 Å². The molecule has 2 heterocycles. The summed E-state index contributed by atoms with van der Waals surface area (Å²) in [4.78, 5) is 0. The third-order valence-electron chi connectivity index (χ3n) is 5.12. The normalized spacial score (nSPS) is 35.2. The molecular formula is C20H29O6+. The molecule has 1 saturated carbocycles. The van der Waals surface area contributed by atoms with E-state index >= 15 is 0 Å². The maximum Gasteiger partial charge on any atom is 0.215 e. The third-order valence-corrected chi connectivity index (χ3v) is 5.12. The fourth-order valence-electron chi connectivity index (χ4n) is 3.59. The first-order chi connectivity index (χ1) is 12.4. The van der Waals surface area contributed by atoms with E-state index in [-0.39, 0.29) is 12.2 Å². The van der Waals surface area contributed by atoms with Crippen LogP contribution < -0.4 is 0 Å². The van der Waals surface area contributed by atoms with E-state index in [0.717, 1.165) is 18.4 Å². The Balaban J connectivity index is 1.45. The first-order valence-corrected chi connectivity index (χ1v) is 9.47. The molecule has 3 aliphatic rings. The fourth-order valence-corrected chi connectivity index (χ4v) is 3.59. The predicted molar refractivity (Wildman–Crippen MR) is 94.8 cm³/mol. The molecule has 2 N–H and O–H groups in total. The summed E-state index contributed by atoms with van der Waals surface area (Å²) in [6, 6.07) is 10.1. The van der Waals surface area contributed by atoms with Crippen molar-refractivity contribution in [3.63, 3.8) is 0 Å². The van der Waals surface area contributed by atoms with Crippen molar-refractivity contribution in [2.75, 3.05) is 6.61 Å². The highest BCUT2D eigenvalue weighted by atomic mass is 16.8. The third kappa shape index (κ3) is 3.96. The van der Waals surface area contributed by atoms with Crippen molar-refractivity contribution < 1.29 is 28.8 Å². The van der Waals surface area contributed by atoms with E-state index in [4.69, 9.17) is 28.8 Å². The summed E-state index contributed by atoms with van der Waals surface area (Å²) in [5.41, 5.74) is 1.09. The van der Waals surface area contributed by atoms with Gasteiger partial charge in [-0.25, -0.2) is 0 Å². The number of rotatable bonds is 7. The van der Waals surface area contributed by atoms with Gasteiger partial charge < -0.3 is 28.8 Å². The minimum atomic E-state index is -0.711. The van der Waals surface area contributed by atoms with Crippen LogP contribution >= 0.6 is 0 Å². The van der Waals surface area contributed by atoms with Gasteiger partial charge in [-0.05, 0) is 39.2 Å². The van der Waals surface area contributed by atoms with Gasteiger partial charge in [-0.1, -0.05) is 30.3 Å². The molecule has 3 fully saturated rings. The topological polar surface area (TPSA) is 69.1 Å². The smallest absolute Gasteiger partial charge is 0.215 e. The van der Waals surface area contributed by atoms with Crippen molar-refractivity contribution in [1.82, 2.24) is 0 Å². The average molecular weight is 365 g/mol. The molecule has 1 aliphatic carbocycles. The van der Waals surface area contributed by atoms with Gasteiger partial charge in [0.15, 0.2) is 24.3 Å². The van der Waals surface area contributed by atoms with E-state index in [0.29, 0.717) is 12.7 Å². The Labute approximate surface area is 154 Å². The van der Waals surface area contributed by atoms with Crippen LogP contribution in [0, 0.1) is 0 Å². The molecule has 6 heteroatoms. The molecule has 2 saturated heterocycles. The molecule has 6 atom stereocenters. The van der Waals surface area contributed by atoms with E-state index in [9.17, 15) is 0 Å². The molecule has 1 aromatic carbocycles. The maximum absolute atomic E-state index is 8.61. The molecule has 0 spiro atoms. The average Bonchev–Trinajstić information content (AvgIpc) is 3.33. The Bertz CT molecular complexity index is 602. The number of ether oxygens (including phenoxy) is 5. The zero-order chi connectivity index (χ0) is 18.3. The standard InChI is InChI=1S/C20H28O6/c1-12(13-7-5-4-6-8-13)23-15(11-22-14-9-10-14)17-16(21)18-19(24-17)26-20(2,3)25-18/h4-8,12,14-19,21H,9-11H2,1-3H3/p+1/t12?,15?,16?,17-,18?,19-/m1/s1. The molecule has 2 aliphatic heterocycles. The molecule has 0 amide bonds. The van der Waals surface area contributed by atoms with Crippen molar-refractivity contribution in [1.29, 1.82) is 0 Å². The van der Waals surface area contributed by atoms with Crippen LogP contribution in [0.5, 0.6) is 0 Å². The van der Waals surface area contributed by atoms with Crippen LogP contribution in [-0.4, -0.2) is 54.3 Å². The van der Waals surface area contributed by atoms with Crippen molar-refractivity contribution >= 4 is 0 Å². The monoisotopic (exact) mass is 365 g/mol. The lowest BCUT2D eigenvalue weighted by atomic mass is 10.1. The summed E-state index contributed by atoms with van der Waals surface area (Å²) in [6.07, 6.45) is 0.150. The van der Waals surface area contributed by atoms with Crippen LogP contribution in [0.2, 0.25) is 0 Å². The minimum absolute atomic E-state index is 0.112. The van der Waals surface area contributed by atoms with Gasteiger partial charge in [-0.2, -0.15) is 0 Å². The molecular weight excluding hydrogens is 336 g/mol. The Kier molecular flexibility index (Phi) is 5.07. The number of benzene rings is 1. The van der Waals surface area contributed by atoms with Gasteiger partial charge in [0.1, 0.15) is 6.10 Å². The van der Waals surface area contributed by atoms with E-state index in [1.165, 1.54) is 0 Å². The summed E-state index contributed by atoms with van der Waals surface area (Å²) in [6.45, 7) is 6.13. The summed E-state index contributed by atoms with van der Waals surface area (Å²) >= 11 is 0. The lowest BCUT2D eigenvalue weighted by molar-refractivity contribution is -0.236. The summed E-state index contributed by atoms with van der Waals surface area (Å²) in [7, 11) is 0. The Morgan fingerprint density at radius 2 is 1.92 bits per heavy atom. The van der Waals surface area contributed by atoms with Crippen LogP contribution in [0.15, 0.2) is 30.3 Å². The van der Waals surface area contributed by atoms with Crippen LogP contribution in [0.4, 0.5) is 0 Å². The largest absolute Gasteiger partial charge is 0.439 e. The fraction of sp³-hybridized carbons (Fsp3) is 0.700. The van der Waals surface area contributed by atoms with Gasteiger partial charge in [0.05, 0.1) is 18.8 Å². The van der Waals surface area contributed by atoms with Crippen molar-refractivity contribution in [2.45, 2.75) is 82.3 Å². The maximum atomic E-state index is 8.61. The lowest BCUT2D eigenvalue weighted by Crippen LogP contribution is -2.44. The van der Waals surface area contributed by atoms with E-state index in [2.05, 4.69) is 0 Å². The lowest BCUT2D eigenvalue weighted by Gasteiger charge is -2.29. The SMILES string of the molecule is CC(OC(COC1CC1)[C@H]1O[C@@H]2OC(C)(C)OC2C1[OH2+])c1ccccc1. The van der Waals surface area contributed by atoms with Gasteiger partial charge >= 0.3 is 0 Å². The number of hydrogen-bond acceptors (Lipinski definition) is 5. The zero-order valence-electron chi connectivity index (χ0n) is 15.6. The second kappa shape index (κ2) is 7.19. The van der Waals surface area contributed by atoms with Gasteiger partial charge in [-0.15, -0.1) is 0 Å². The molecule has 144 valence electrons. The van der Waals surface area contributed by atoms with Crippen LogP contribution in [0.3, 0.4) is 0 Å². The minimum Gasteiger partial charge on any atom is -0.439 e. The number of fused-ring (bicyclic) bond motifs is 1. The van der Waals surface area contributed by atoms with Crippen LogP contribution in [0.25, 0.3) is 0 Å². The number of hydrogen-bond donors (Lipinski definition) is 0. The molecule has 0 aromatic heterocycles. The highest BCUT2D eigenvalue weighted by Crippen LogP contribution is 2.39. The van der Waals surface area contributed by atoms with E-state index < -0.39 is 30.4 Å². The molecule has 0 bridgehead atoms. The van der Waals surface area contributed by atoms with Gasteiger partial charge in [-0.3, -0.25) is 0 Å². The van der Waals surface area contributed by atoms with E-state index in [1.807, 2.05) is 51.1 Å². The predicted octanol–water partition coefficient (Wildman–Crippen LogP) is 2.28. The summed E-state index contributed by atoms with van der Waals surface area (Å²) in [5.74, 6) is -0.711. The van der Waals surface area contributed by atoms with Crippen molar-refractivity contribution in [3.05, 3.63) is 35.9 Å². The first-order valence-electron chi connectivity index (χ1n) is 9.47. The highest BCUT2D eigenvalue weighted by Gasteiger charge is 2.59. The highest BCUT2D eigenvalue weighted by molar-refractivity contribution is 5.17. The van der Waals surface area contributed by atoms with Gasteiger partial charge in [0, 0.05) is 0 Å². The molecule has 0 radical (unpaired) electrons. The molecule has 6 nitrogen and oxygen atoms in total. The second-order valence-corrected chi connectivity index (χ2v) is 7.86. The Morgan fingerprint density at radius 1 is 1.19 bits per heavy atom. The van der Waals surface area contributed by atoms with E-state index in [1.54, 1.807) is 0 Å². The Morgan fingerprint density at radius 3 is 2.58 bits per heavy atom. The quantitative estimate of drug-likeness (QED) is 0.694. The zero-order valence-corrected chi connectivity index (χ0v) is 15.6. The molecule has 4 rings (SSSR count). The van der Waals surface area contributed by atoms with Gasteiger partial charge in [0.2, 0.25) is 6.10 Å². The molecule has 1 aromatic rings. The molecule has 26 heavy (non-hydrogen) atoms. The van der Waals surface area contributed by atoms with Crippen LogP contribution in [-0.2, 0) is 23.7 Å². The summed E-state index contributed by atoms with van der Waals surface area (Å²) < 4.78 is 29.9. The first kappa shape index (κ1) is 18.3.